The molecule has 0 aliphatic heterocycles. The zero-order chi connectivity index (χ0) is 16.5. The molecule has 2 rings (SSSR count). The maximum absolute atomic E-state index is 5.64. The number of aliphatic imine (C=N–C) groups is 1. The van der Waals surface area contributed by atoms with Gasteiger partial charge in [-0.1, -0.05) is 0 Å². The molecule has 0 amide bonds. The molecule has 0 atom stereocenters. The molecule has 0 saturated carbocycles. The summed E-state index contributed by atoms with van der Waals surface area (Å²) in [5, 5.41) is 6.53. The maximum Gasteiger partial charge on any atom is 0.195 e. The molecule has 5 heteroatoms. The third-order valence-corrected chi connectivity index (χ3v) is 3.04. The molecule has 0 aliphatic rings. The van der Waals surface area contributed by atoms with Gasteiger partial charge in [-0.3, -0.25) is 4.99 Å². The number of hydrogen-bond acceptors (Lipinski definition) is 3. The van der Waals surface area contributed by atoms with Crippen LogP contribution in [0.2, 0.25) is 0 Å². The number of furan rings is 1. The second-order valence-electron chi connectivity index (χ2n) is 5.41. The maximum atomic E-state index is 5.64. The minimum absolute atomic E-state index is 0.175. The van der Waals surface area contributed by atoms with E-state index < -0.39 is 0 Å². The number of anilines is 1. The van der Waals surface area contributed by atoms with Crippen molar-refractivity contribution in [1.82, 2.24) is 5.32 Å². The van der Waals surface area contributed by atoms with Crippen molar-refractivity contribution in [3.63, 3.8) is 0 Å². The van der Waals surface area contributed by atoms with Gasteiger partial charge in [0, 0.05) is 25.2 Å². The van der Waals surface area contributed by atoms with Crippen LogP contribution in [0.25, 0.3) is 0 Å². The van der Waals surface area contributed by atoms with Crippen LogP contribution < -0.4 is 15.4 Å². The van der Waals surface area contributed by atoms with Gasteiger partial charge in [0.2, 0.25) is 0 Å². The van der Waals surface area contributed by atoms with Crippen molar-refractivity contribution in [2.45, 2.75) is 33.3 Å². The fourth-order valence-electron chi connectivity index (χ4n) is 2.07. The Hall–Kier alpha value is -2.43. The Morgan fingerprint density at radius 3 is 2.61 bits per heavy atom. The van der Waals surface area contributed by atoms with Gasteiger partial charge in [0.15, 0.2) is 5.96 Å². The number of nitrogens with zero attached hydrogens (tertiary/aromatic N) is 1. The normalized spacial score (nSPS) is 11.6. The number of hydrogen-bond donors (Lipinski definition) is 2. The van der Waals surface area contributed by atoms with Crippen molar-refractivity contribution in [2.24, 2.45) is 4.99 Å². The molecule has 5 nitrogen and oxygen atoms in total. The Labute approximate surface area is 137 Å². The van der Waals surface area contributed by atoms with E-state index in [1.54, 1.807) is 6.26 Å². The van der Waals surface area contributed by atoms with E-state index in [0.717, 1.165) is 36.1 Å². The average Bonchev–Trinajstić information content (AvgIpc) is 3.02. The first-order valence-corrected chi connectivity index (χ1v) is 8.02. The Kier molecular flexibility index (Phi) is 6.54. The van der Waals surface area contributed by atoms with Gasteiger partial charge in [-0.25, -0.2) is 0 Å². The van der Waals surface area contributed by atoms with Crippen molar-refractivity contribution in [1.29, 1.82) is 0 Å². The van der Waals surface area contributed by atoms with E-state index in [0.29, 0.717) is 6.54 Å². The molecule has 0 saturated heterocycles. The summed E-state index contributed by atoms with van der Waals surface area (Å²) in [5.74, 6) is 2.57. The first kappa shape index (κ1) is 16.9. The molecule has 23 heavy (non-hydrogen) atoms. The monoisotopic (exact) mass is 315 g/mol. The minimum atomic E-state index is 0.175. The number of rotatable bonds is 7. The fourth-order valence-corrected chi connectivity index (χ4v) is 2.07. The summed E-state index contributed by atoms with van der Waals surface area (Å²) < 4.78 is 11.0. The van der Waals surface area contributed by atoms with Gasteiger partial charge >= 0.3 is 0 Å². The Bertz CT molecular complexity index is 589. The summed E-state index contributed by atoms with van der Waals surface area (Å²) >= 11 is 0. The van der Waals surface area contributed by atoms with Gasteiger partial charge in [-0.2, -0.15) is 0 Å². The van der Waals surface area contributed by atoms with Crippen LogP contribution >= 0.6 is 0 Å². The first-order chi connectivity index (χ1) is 11.2. The van der Waals surface area contributed by atoms with Crippen molar-refractivity contribution in [2.75, 3.05) is 18.4 Å². The summed E-state index contributed by atoms with van der Waals surface area (Å²) in [4.78, 5) is 4.56. The lowest BCUT2D eigenvalue weighted by Gasteiger charge is -2.13. The molecule has 0 spiro atoms. The predicted octanol–water partition coefficient (Wildman–Crippen LogP) is 3.69. The zero-order valence-corrected chi connectivity index (χ0v) is 14.0. The molecule has 0 unspecified atom stereocenters. The summed E-state index contributed by atoms with van der Waals surface area (Å²) in [6.07, 6.45) is 2.64. The number of benzene rings is 1. The van der Waals surface area contributed by atoms with Gasteiger partial charge < -0.3 is 19.8 Å². The molecule has 2 N–H and O–H groups in total. The van der Waals surface area contributed by atoms with Gasteiger partial charge in [0.05, 0.1) is 12.4 Å². The van der Waals surface area contributed by atoms with Crippen molar-refractivity contribution >= 4 is 11.6 Å². The first-order valence-electron chi connectivity index (χ1n) is 8.02. The highest BCUT2D eigenvalue weighted by molar-refractivity contribution is 5.93. The van der Waals surface area contributed by atoms with Crippen molar-refractivity contribution < 1.29 is 9.15 Å². The second kappa shape index (κ2) is 8.88. The number of ether oxygens (including phenoxy) is 1. The number of guanidine groups is 1. The highest BCUT2D eigenvalue weighted by atomic mass is 16.5. The molecule has 0 radical (unpaired) electrons. The van der Waals surface area contributed by atoms with Crippen LogP contribution in [0.3, 0.4) is 0 Å². The largest absolute Gasteiger partial charge is 0.491 e. The van der Waals surface area contributed by atoms with E-state index in [1.165, 1.54) is 0 Å². The van der Waals surface area contributed by atoms with Gasteiger partial charge in [-0.15, -0.1) is 0 Å². The van der Waals surface area contributed by atoms with Crippen LogP contribution in [-0.4, -0.2) is 25.2 Å². The summed E-state index contributed by atoms with van der Waals surface area (Å²) in [6, 6.07) is 11.7. The van der Waals surface area contributed by atoms with Crippen LogP contribution in [-0.2, 0) is 6.42 Å². The van der Waals surface area contributed by atoms with Gasteiger partial charge in [0.25, 0.3) is 0 Å². The smallest absolute Gasteiger partial charge is 0.195 e. The van der Waals surface area contributed by atoms with E-state index >= 15 is 0 Å². The van der Waals surface area contributed by atoms with Gasteiger partial charge in [-0.05, 0) is 57.2 Å². The van der Waals surface area contributed by atoms with E-state index in [9.17, 15) is 0 Å². The third-order valence-electron chi connectivity index (χ3n) is 3.04. The lowest BCUT2D eigenvalue weighted by molar-refractivity contribution is 0.242. The fraction of sp³-hybridized carbons (Fsp3) is 0.389. The molecule has 124 valence electrons. The number of nitrogens with one attached hydrogen (secondary N) is 2. The second-order valence-corrected chi connectivity index (χ2v) is 5.41. The van der Waals surface area contributed by atoms with Crippen molar-refractivity contribution in [3.8, 4) is 5.75 Å². The predicted molar refractivity (Wildman–Crippen MR) is 94.2 cm³/mol. The van der Waals surface area contributed by atoms with Crippen molar-refractivity contribution in [3.05, 3.63) is 48.4 Å². The standard InChI is InChI=1S/C18H25N3O2/c1-4-19-18(20-12-11-16-6-5-13-22-16)21-15-7-9-17(10-8-15)23-14(2)3/h5-10,13-14H,4,11-12H2,1-3H3,(H2,19,20,21). The molecule has 0 fully saturated rings. The molecule has 0 bridgehead atoms. The average molecular weight is 315 g/mol. The molecular formula is C18H25N3O2. The summed E-state index contributed by atoms with van der Waals surface area (Å²) in [7, 11) is 0. The minimum Gasteiger partial charge on any atom is -0.491 e. The molecular weight excluding hydrogens is 290 g/mol. The lowest BCUT2D eigenvalue weighted by atomic mass is 10.3. The van der Waals surface area contributed by atoms with Crippen LogP contribution in [0.5, 0.6) is 5.75 Å². The molecule has 1 aromatic heterocycles. The Morgan fingerprint density at radius 1 is 1.22 bits per heavy atom. The highest BCUT2D eigenvalue weighted by Gasteiger charge is 2.02. The summed E-state index contributed by atoms with van der Waals surface area (Å²) in [6.45, 7) is 7.55. The van der Waals surface area contributed by atoms with Crippen LogP contribution in [0.1, 0.15) is 26.5 Å². The molecule has 1 heterocycles. The SMILES string of the molecule is CCNC(=NCCc1ccco1)Nc1ccc(OC(C)C)cc1. The van der Waals surface area contributed by atoms with Crippen LogP contribution in [0, 0.1) is 0 Å². The highest BCUT2D eigenvalue weighted by Crippen LogP contribution is 2.16. The van der Waals surface area contributed by atoms with E-state index in [4.69, 9.17) is 9.15 Å². The third kappa shape index (κ3) is 6.06. The summed E-state index contributed by atoms with van der Waals surface area (Å²) in [5.41, 5.74) is 0.971. The van der Waals surface area contributed by atoms with E-state index in [2.05, 4.69) is 15.6 Å². The Morgan fingerprint density at radius 2 is 2.00 bits per heavy atom. The molecule has 2 aromatic rings. The van der Waals surface area contributed by atoms with E-state index in [-0.39, 0.29) is 6.10 Å². The Balaban J connectivity index is 1.92. The van der Waals surface area contributed by atoms with E-state index in [1.807, 2.05) is 57.2 Å². The zero-order valence-electron chi connectivity index (χ0n) is 14.0. The molecule has 0 aliphatic carbocycles. The van der Waals surface area contributed by atoms with Crippen LogP contribution in [0.4, 0.5) is 5.69 Å². The quantitative estimate of drug-likeness (QED) is 0.604. The molecule has 1 aromatic carbocycles. The van der Waals surface area contributed by atoms with Crippen LogP contribution in [0.15, 0.2) is 52.1 Å². The lowest BCUT2D eigenvalue weighted by Crippen LogP contribution is -2.30. The topological polar surface area (TPSA) is 58.8 Å². The van der Waals surface area contributed by atoms with Gasteiger partial charge in [0.1, 0.15) is 11.5 Å².